The molecule has 2 aromatic rings. The van der Waals surface area contributed by atoms with Crippen LogP contribution in [0.4, 0.5) is 26.3 Å². The highest BCUT2D eigenvalue weighted by atomic mass is 19.2. The molecule has 0 heterocycles. The van der Waals surface area contributed by atoms with E-state index in [1.54, 1.807) is 6.92 Å². The fraction of sp³-hybridized carbons (Fsp3) is 0.231. The van der Waals surface area contributed by atoms with Crippen LogP contribution in [-0.2, 0) is 6.42 Å². The van der Waals surface area contributed by atoms with Crippen LogP contribution in [0.15, 0.2) is 6.07 Å². The highest BCUT2D eigenvalue weighted by Crippen LogP contribution is 2.33. The van der Waals surface area contributed by atoms with Crippen molar-refractivity contribution in [2.45, 2.75) is 19.8 Å². The third-order valence-corrected chi connectivity index (χ3v) is 2.84. The van der Waals surface area contributed by atoms with Crippen molar-refractivity contribution in [3.05, 3.63) is 46.5 Å². The van der Waals surface area contributed by atoms with E-state index in [9.17, 15) is 26.3 Å². The van der Waals surface area contributed by atoms with Crippen molar-refractivity contribution in [2.75, 3.05) is 0 Å². The number of aryl methyl sites for hydroxylation is 1. The highest BCUT2D eigenvalue weighted by molar-refractivity contribution is 5.88. The van der Waals surface area contributed by atoms with Crippen molar-refractivity contribution in [2.24, 2.45) is 0 Å². The van der Waals surface area contributed by atoms with Crippen LogP contribution in [0.2, 0.25) is 0 Å². The SMILES string of the molecule is CCCc1c(F)c(F)c(F)c2c(F)c(F)cc(F)c12. The van der Waals surface area contributed by atoms with Crippen molar-refractivity contribution in [1.29, 1.82) is 0 Å². The van der Waals surface area contributed by atoms with Crippen LogP contribution in [0.1, 0.15) is 18.9 Å². The van der Waals surface area contributed by atoms with Crippen LogP contribution in [0.3, 0.4) is 0 Å². The van der Waals surface area contributed by atoms with Gasteiger partial charge in [0, 0.05) is 17.0 Å². The van der Waals surface area contributed by atoms with E-state index in [1.807, 2.05) is 0 Å². The van der Waals surface area contributed by atoms with Gasteiger partial charge >= 0.3 is 0 Å². The number of rotatable bonds is 2. The zero-order valence-electron chi connectivity index (χ0n) is 9.76. The quantitative estimate of drug-likeness (QED) is 0.427. The van der Waals surface area contributed by atoms with Gasteiger partial charge in [-0.2, -0.15) is 0 Å². The molecule has 0 aliphatic heterocycles. The first-order chi connectivity index (χ1) is 8.90. The zero-order valence-corrected chi connectivity index (χ0v) is 9.76. The first-order valence-electron chi connectivity index (χ1n) is 5.52. The van der Waals surface area contributed by atoms with Gasteiger partial charge in [0.1, 0.15) is 5.82 Å². The first kappa shape index (κ1) is 13.7. The summed E-state index contributed by atoms with van der Waals surface area (Å²) in [5, 5.41) is -1.95. The van der Waals surface area contributed by atoms with Crippen LogP contribution in [0, 0.1) is 34.9 Å². The fourth-order valence-corrected chi connectivity index (χ4v) is 2.03. The number of hydrogen-bond acceptors (Lipinski definition) is 0. The van der Waals surface area contributed by atoms with E-state index in [4.69, 9.17) is 0 Å². The van der Waals surface area contributed by atoms with E-state index in [-0.39, 0.29) is 12.5 Å². The number of halogens is 6. The average molecular weight is 278 g/mol. The molecule has 0 unspecified atom stereocenters. The van der Waals surface area contributed by atoms with Crippen LogP contribution < -0.4 is 0 Å². The Bertz CT molecular complexity index is 662. The van der Waals surface area contributed by atoms with Gasteiger partial charge in [0.15, 0.2) is 29.1 Å². The lowest BCUT2D eigenvalue weighted by molar-refractivity contribution is 0.440. The molecule has 0 aliphatic carbocycles. The van der Waals surface area contributed by atoms with Gasteiger partial charge in [0.05, 0.1) is 5.39 Å². The van der Waals surface area contributed by atoms with Crippen LogP contribution in [-0.4, -0.2) is 0 Å². The van der Waals surface area contributed by atoms with Gasteiger partial charge in [-0.25, -0.2) is 26.3 Å². The minimum atomic E-state index is -1.93. The fourth-order valence-electron chi connectivity index (χ4n) is 2.03. The predicted molar refractivity (Wildman–Crippen MR) is 57.7 cm³/mol. The van der Waals surface area contributed by atoms with Gasteiger partial charge in [-0.15, -0.1) is 0 Å². The average Bonchev–Trinajstić information content (AvgIpc) is 2.36. The first-order valence-corrected chi connectivity index (χ1v) is 5.52. The highest BCUT2D eigenvalue weighted by Gasteiger charge is 2.26. The topological polar surface area (TPSA) is 0 Å². The van der Waals surface area contributed by atoms with E-state index < -0.39 is 51.2 Å². The minimum Gasteiger partial charge on any atom is -0.206 e. The van der Waals surface area contributed by atoms with E-state index in [0.717, 1.165) is 0 Å². The lowest BCUT2D eigenvalue weighted by Crippen LogP contribution is -2.05. The molecule has 102 valence electrons. The van der Waals surface area contributed by atoms with Gasteiger partial charge in [-0.05, 0) is 6.42 Å². The smallest absolute Gasteiger partial charge is 0.195 e. The predicted octanol–water partition coefficient (Wildman–Crippen LogP) is 4.63. The molecular formula is C13H8F6. The van der Waals surface area contributed by atoms with Crippen molar-refractivity contribution in [3.63, 3.8) is 0 Å². The normalized spacial score (nSPS) is 11.3. The Labute approximate surface area is 104 Å². The summed E-state index contributed by atoms with van der Waals surface area (Å²) in [7, 11) is 0. The summed E-state index contributed by atoms with van der Waals surface area (Å²) in [4.78, 5) is 0. The molecule has 0 saturated heterocycles. The molecule has 0 fully saturated rings. The summed E-state index contributed by atoms with van der Waals surface area (Å²) >= 11 is 0. The Morgan fingerprint density at radius 1 is 0.737 bits per heavy atom. The second-order valence-electron chi connectivity index (χ2n) is 4.07. The molecule has 0 aliphatic rings. The summed E-state index contributed by atoms with van der Waals surface area (Å²) in [6.07, 6.45) is 0.178. The molecule has 0 saturated carbocycles. The molecule has 0 bridgehead atoms. The van der Waals surface area contributed by atoms with E-state index in [2.05, 4.69) is 0 Å². The van der Waals surface area contributed by atoms with Gasteiger partial charge in [0.2, 0.25) is 0 Å². The van der Waals surface area contributed by atoms with Gasteiger partial charge in [-0.1, -0.05) is 13.3 Å². The van der Waals surface area contributed by atoms with E-state index in [0.29, 0.717) is 6.42 Å². The molecule has 0 nitrogen and oxygen atoms in total. The van der Waals surface area contributed by atoms with Crippen LogP contribution in [0.5, 0.6) is 0 Å². The van der Waals surface area contributed by atoms with E-state index >= 15 is 0 Å². The summed E-state index contributed by atoms with van der Waals surface area (Å²) in [6.45, 7) is 1.60. The minimum absolute atomic E-state index is 0.123. The summed E-state index contributed by atoms with van der Waals surface area (Å²) in [6, 6.07) is 0.188. The van der Waals surface area contributed by atoms with Gasteiger partial charge < -0.3 is 0 Å². The number of fused-ring (bicyclic) bond motifs is 1. The molecule has 0 amide bonds. The molecule has 0 N–H and O–H groups in total. The maximum atomic E-state index is 13.6. The Kier molecular flexibility index (Phi) is 3.43. The van der Waals surface area contributed by atoms with Crippen molar-refractivity contribution < 1.29 is 26.3 Å². The van der Waals surface area contributed by atoms with Gasteiger partial charge in [-0.3, -0.25) is 0 Å². The third-order valence-electron chi connectivity index (χ3n) is 2.84. The molecule has 6 heteroatoms. The Morgan fingerprint density at radius 2 is 1.37 bits per heavy atom. The number of benzene rings is 2. The largest absolute Gasteiger partial charge is 0.206 e. The van der Waals surface area contributed by atoms with Crippen LogP contribution in [0.25, 0.3) is 10.8 Å². The summed E-state index contributed by atoms with van der Waals surface area (Å²) in [5.41, 5.74) is -0.493. The zero-order chi connectivity index (χ0) is 14.3. The maximum absolute atomic E-state index is 13.6. The standard InChI is InChI=1S/C13H8F6/c1-2-3-5-8-6(14)4-7(15)11(17)9(8)12(18)13(19)10(5)16/h4H,2-3H2,1H3. The van der Waals surface area contributed by atoms with Crippen molar-refractivity contribution in [3.8, 4) is 0 Å². The lowest BCUT2D eigenvalue weighted by atomic mass is 9.98. The molecule has 0 atom stereocenters. The van der Waals surface area contributed by atoms with Crippen molar-refractivity contribution >= 4 is 10.8 Å². The molecule has 0 radical (unpaired) electrons. The Balaban J connectivity index is 3.06. The molecule has 0 spiro atoms. The third kappa shape index (κ3) is 1.95. The lowest BCUT2D eigenvalue weighted by Gasteiger charge is -2.11. The monoisotopic (exact) mass is 278 g/mol. The van der Waals surface area contributed by atoms with Gasteiger partial charge in [0.25, 0.3) is 0 Å². The van der Waals surface area contributed by atoms with Crippen molar-refractivity contribution in [1.82, 2.24) is 0 Å². The number of hydrogen-bond donors (Lipinski definition) is 0. The Hall–Kier alpha value is -1.72. The molecule has 0 aromatic heterocycles. The maximum Gasteiger partial charge on any atom is 0.195 e. The Morgan fingerprint density at radius 3 is 1.95 bits per heavy atom. The molecule has 19 heavy (non-hydrogen) atoms. The van der Waals surface area contributed by atoms with E-state index in [1.165, 1.54) is 0 Å². The second kappa shape index (κ2) is 4.75. The molecular weight excluding hydrogens is 270 g/mol. The molecule has 2 aromatic carbocycles. The molecule has 2 rings (SSSR count). The summed E-state index contributed by atoms with van der Waals surface area (Å²) < 4.78 is 80.6. The summed E-state index contributed by atoms with van der Waals surface area (Å²) in [5.74, 6) is -10.1. The second-order valence-corrected chi connectivity index (χ2v) is 4.07. The van der Waals surface area contributed by atoms with Crippen LogP contribution >= 0.6 is 0 Å².